The van der Waals surface area contributed by atoms with Crippen molar-refractivity contribution in [2.75, 3.05) is 14.2 Å². The Morgan fingerprint density at radius 1 is 1.07 bits per heavy atom. The Kier molecular flexibility index (Phi) is 7.48. The van der Waals surface area contributed by atoms with E-state index in [2.05, 4.69) is 4.74 Å². The maximum absolute atomic E-state index is 11.1. The van der Waals surface area contributed by atoms with Crippen molar-refractivity contribution in [1.29, 1.82) is 0 Å². The van der Waals surface area contributed by atoms with E-state index in [0.717, 1.165) is 25.7 Å². The highest BCUT2D eigenvalue weighted by molar-refractivity contribution is 5.72. The molecule has 0 radical (unpaired) electrons. The number of hydrogen-bond donors (Lipinski definition) is 0. The van der Waals surface area contributed by atoms with E-state index in [0.29, 0.717) is 6.10 Å². The first kappa shape index (κ1) is 13.4. The van der Waals surface area contributed by atoms with Gasteiger partial charge in [0.2, 0.25) is 0 Å². The Balaban J connectivity index is 0.000000791. The molecule has 0 N–H and O–H groups in total. The monoisotopic (exact) mass is 202 g/mol. The van der Waals surface area contributed by atoms with Crippen LogP contribution in [0.4, 0.5) is 0 Å². The molecule has 0 aromatic rings. The topological polar surface area (TPSA) is 35.5 Å². The highest BCUT2D eigenvalue weighted by Gasteiger charge is 2.26. The smallest absolute Gasteiger partial charge is 0.308 e. The molecule has 14 heavy (non-hydrogen) atoms. The van der Waals surface area contributed by atoms with E-state index >= 15 is 0 Å². The molecule has 1 rings (SSSR count). The highest BCUT2D eigenvalue weighted by atomic mass is 16.5. The van der Waals surface area contributed by atoms with Crippen LogP contribution in [-0.2, 0) is 14.3 Å². The molecule has 0 unspecified atom stereocenters. The molecule has 0 atom stereocenters. The summed E-state index contributed by atoms with van der Waals surface area (Å²) in [6.45, 7) is 4.00. The zero-order chi connectivity index (χ0) is 11.0. The molecule has 1 aliphatic carbocycles. The van der Waals surface area contributed by atoms with E-state index < -0.39 is 0 Å². The Labute approximate surface area is 86.8 Å². The zero-order valence-corrected chi connectivity index (χ0v) is 9.71. The number of rotatable bonds is 2. The first-order valence-corrected chi connectivity index (χ1v) is 5.38. The Morgan fingerprint density at radius 3 is 1.93 bits per heavy atom. The summed E-state index contributed by atoms with van der Waals surface area (Å²) in [6.07, 6.45) is 4.13. The fourth-order valence-corrected chi connectivity index (χ4v) is 1.70. The molecule has 0 aliphatic heterocycles. The van der Waals surface area contributed by atoms with Gasteiger partial charge in [0.25, 0.3) is 0 Å². The maximum atomic E-state index is 11.1. The van der Waals surface area contributed by atoms with Gasteiger partial charge < -0.3 is 9.47 Å². The van der Waals surface area contributed by atoms with E-state index in [1.807, 2.05) is 13.8 Å². The summed E-state index contributed by atoms with van der Waals surface area (Å²) in [5, 5.41) is 0. The molecule has 0 heterocycles. The molecule has 3 heteroatoms. The molecule has 0 amide bonds. The lowest BCUT2D eigenvalue weighted by atomic mass is 9.87. The fraction of sp³-hybridized carbons (Fsp3) is 0.909. The lowest BCUT2D eigenvalue weighted by Gasteiger charge is -2.25. The molecule has 1 fully saturated rings. The second-order valence-electron chi connectivity index (χ2n) is 3.23. The number of hydrogen-bond acceptors (Lipinski definition) is 3. The molecule has 0 spiro atoms. The van der Waals surface area contributed by atoms with Crippen molar-refractivity contribution in [3.63, 3.8) is 0 Å². The highest BCUT2D eigenvalue weighted by Crippen LogP contribution is 2.26. The van der Waals surface area contributed by atoms with Gasteiger partial charge in [-0.1, -0.05) is 13.8 Å². The Morgan fingerprint density at radius 2 is 1.57 bits per heavy atom. The van der Waals surface area contributed by atoms with Crippen LogP contribution in [0.15, 0.2) is 0 Å². The SMILES string of the molecule is CC.COC(=O)C1CCC(OC)CC1. The molecule has 0 aromatic heterocycles. The van der Waals surface area contributed by atoms with Crippen molar-refractivity contribution >= 4 is 5.97 Å². The largest absolute Gasteiger partial charge is 0.469 e. The lowest BCUT2D eigenvalue weighted by molar-refractivity contribution is -0.147. The summed E-state index contributed by atoms with van der Waals surface area (Å²) in [6, 6.07) is 0. The molecule has 84 valence electrons. The second-order valence-corrected chi connectivity index (χ2v) is 3.23. The number of ether oxygens (including phenoxy) is 2. The van der Waals surface area contributed by atoms with Gasteiger partial charge in [0, 0.05) is 7.11 Å². The Bertz CT molecular complexity index is 149. The zero-order valence-electron chi connectivity index (χ0n) is 9.71. The van der Waals surface area contributed by atoms with Crippen LogP contribution >= 0.6 is 0 Å². The summed E-state index contributed by atoms with van der Waals surface area (Å²) in [5.41, 5.74) is 0. The number of esters is 1. The van der Waals surface area contributed by atoms with E-state index in [9.17, 15) is 4.79 Å². The van der Waals surface area contributed by atoms with Gasteiger partial charge in [-0.05, 0) is 25.7 Å². The standard InChI is InChI=1S/C9H16O3.C2H6/c1-11-8-5-3-7(4-6-8)9(10)12-2;1-2/h7-8H,3-6H2,1-2H3;1-2H3. The van der Waals surface area contributed by atoms with Gasteiger partial charge in [0.1, 0.15) is 0 Å². The average molecular weight is 202 g/mol. The maximum Gasteiger partial charge on any atom is 0.308 e. The fourth-order valence-electron chi connectivity index (χ4n) is 1.70. The quantitative estimate of drug-likeness (QED) is 0.645. The first-order chi connectivity index (χ1) is 6.77. The summed E-state index contributed by atoms with van der Waals surface area (Å²) < 4.78 is 9.88. The third-order valence-corrected chi connectivity index (χ3v) is 2.54. The van der Waals surface area contributed by atoms with E-state index in [-0.39, 0.29) is 11.9 Å². The van der Waals surface area contributed by atoms with Crippen molar-refractivity contribution in [3.05, 3.63) is 0 Å². The van der Waals surface area contributed by atoms with Crippen molar-refractivity contribution in [2.45, 2.75) is 45.6 Å². The molecule has 0 bridgehead atoms. The van der Waals surface area contributed by atoms with Gasteiger partial charge in [-0.15, -0.1) is 0 Å². The van der Waals surface area contributed by atoms with Crippen molar-refractivity contribution < 1.29 is 14.3 Å². The first-order valence-electron chi connectivity index (χ1n) is 5.38. The van der Waals surface area contributed by atoms with Gasteiger partial charge in [0.15, 0.2) is 0 Å². The molecule has 1 saturated carbocycles. The lowest BCUT2D eigenvalue weighted by Crippen LogP contribution is -2.26. The van der Waals surface area contributed by atoms with Crippen LogP contribution in [0, 0.1) is 5.92 Å². The van der Waals surface area contributed by atoms with Crippen LogP contribution in [0.25, 0.3) is 0 Å². The minimum Gasteiger partial charge on any atom is -0.469 e. The third-order valence-electron chi connectivity index (χ3n) is 2.54. The van der Waals surface area contributed by atoms with Crippen molar-refractivity contribution in [2.24, 2.45) is 5.92 Å². The predicted molar refractivity (Wildman–Crippen MR) is 56.1 cm³/mol. The second kappa shape index (κ2) is 7.80. The molecular weight excluding hydrogens is 180 g/mol. The minimum absolute atomic E-state index is 0.0652. The molecule has 0 saturated heterocycles. The van der Waals surface area contributed by atoms with Gasteiger partial charge in [0.05, 0.1) is 19.1 Å². The molecule has 1 aliphatic rings. The molecule has 0 aromatic carbocycles. The van der Waals surface area contributed by atoms with Gasteiger partial charge in [-0.2, -0.15) is 0 Å². The van der Waals surface area contributed by atoms with Crippen LogP contribution in [0.1, 0.15) is 39.5 Å². The van der Waals surface area contributed by atoms with E-state index in [1.54, 1.807) is 7.11 Å². The summed E-state index contributed by atoms with van der Waals surface area (Å²) in [7, 11) is 3.17. The summed E-state index contributed by atoms with van der Waals surface area (Å²) in [4.78, 5) is 11.1. The van der Waals surface area contributed by atoms with Crippen LogP contribution in [0.3, 0.4) is 0 Å². The Hall–Kier alpha value is -0.570. The minimum atomic E-state index is -0.0652. The normalized spacial score (nSPS) is 26.0. The molecule has 3 nitrogen and oxygen atoms in total. The van der Waals surface area contributed by atoms with Crippen molar-refractivity contribution in [3.8, 4) is 0 Å². The number of carbonyl (C=O) groups excluding carboxylic acids is 1. The average Bonchev–Trinajstić information content (AvgIpc) is 2.31. The molecular formula is C11H22O3. The van der Waals surface area contributed by atoms with Gasteiger partial charge in [-0.25, -0.2) is 0 Å². The third kappa shape index (κ3) is 4.09. The number of methoxy groups -OCH3 is 2. The van der Waals surface area contributed by atoms with E-state index in [1.165, 1.54) is 7.11 Å². The van der Waals surface area contributed by atoms with Crippen LogP contribution in [-0.4, -0.2) is 26.3 Å². The summed E-state index contributed by atoms with van der Waals surface area (Å²) >= 11 is 0. The van der Waals surface area contributed by atoms with E-state index in [4.69, 9.17) is 4.74 Å². The van der Waals surface area contributed by atoms with Crippen LogP contribution in [0.5, 0.6) is 0 Å². The number of carbonyl (C=O) groups is 1. The van der Waals surface area contributed by atoms with Gasteiger partial charge in [-0.3, -0.25) is 4.79 Å². The predicted octanol–water partition coefficient (Wildman–Crippen LogP) is 2.39. The van der Waals surface area contributed by atoms with Crippen LogP contribution < -0.4 is 0 Å². The van der Waals surface area contributed by atoms with Gasteiger partial charge >= 0.3 is 5.97 Å². The van der Waals surface area contributed by atoms with Crippen LogP contribution in [0.2, 0.25) is 0 Å². The summed E-state index contributed by atoms with van der Waals surface area (Å²) in [5.74, 6) is 0.0472. The van der Waals surface area contributed by atoms with Crippen molar-refractivity contribution in [1.82, 2.24) is 0 Å².